The summed E-state index contributed by atoms with van der Waals surface area (Å²) in [6.07, 6.45) is 0. The molecule has 0 saturated heterocycles. The summed E-state index contributed by atoms with van der Waals surface area (Å²) in [5.41, 5.74) is 27.9. The van der Waals surface area contributed by atoms with Crippen LogP contribution >= 0.6 is 0 Å². The largest absolute Gasteiger partial charge is 0.345 e. The molecule has 0 aliphatic carbocycles. The Bertz CT molecular complexity index is 8070. The molecule has 0 unspecified atom stereocenters. The summed E-state index contributed by atoms with van der Waals surface area (Å²) >= 11 is 0. The highest BCUT2D eigenvalue weighted by Gasteiger charge is 2.22. The van der Waals surface area contributed by atoms with Crippen LogP contribution in [0.4, 0.5) is 85.3 Å². The Hall–Kier alpha value is -17.3. The van der Waals surface area contributed by atoms with E-state index in [9.17, 15) is 0 Å². The van der Waals surface area contributed by atoms with Crippen LogP contribution in [0.2, 0.25) is 0 Å². The molecule has 23 aromatic rings. The third kappa shape index (κ3) is 17.7. The third-order valence-electron chi connectivity index (χ3n) is 25.9. The molecule has 0 heterocycles. The molecule has 0 atom stereocenters. The van der Waals surface area contributed by atoms with Gasteiger partial charge in [0.05, 0.1) is 5.69 Å². The lowest BCUT2D eigenvalue weighted by Crippen LogP contribution is -2.12. The molecular weight excluding hydrogens is 1620 g/mol. The van der Waals surface area contributed by atoms with E-state index < -0.39 is 0 Å². The maximum Gasteiger partial charge on any atom is 0.0567 e. The van der Waals surface area contributed by atoms with Crippen molar-refractivity contribution in [2.75, 3.05) is 50.5 Å². The van der Waals surface area contributed by atoms with Gasteiger partial charge in [-0.15, -0.1) is 0 Å². The Labute approximate surface area is 784 Å². The first kappa shape index (κ1) is 83.6. The SMILES string of the molecule is CN(c1ccc(N(c2cccc(-c3ccccc3)c2)c2ccc3ccccc3c2)cc1)c1c2ccccc2cc2ccccc12.CN(c1ccc(N(c2cccc(-c3ccccc3)c2)c2ccc3ccccc3c2)cc1)c1cccc(-c2ccccc2)c1.Cc1cc2cc3ccccc3cc2cc1N(C)c1ccc(N(c2cccc(-c3ccccc3)c2)c2ccc3ccccc3c2)cc1. The number of rotatable bonds is 19. The number of nitrogens with zero attached hydrogens (tertiary/aromatic N) is 6. The first-order valence-electron chi connectivity index (χ1n) is 45.9. The third-order valence-corrected chi connectivity index (χ3v) is 25.9. The maximum absolute atomic E-state index is 2.36. The Morgan fingerprint density at radius 1 is 0.134 bits per heavy atom. The molecule has 0 spiro atoms. The molecule has 0 N–H and O–H groups in total. The van der Waals surface area contributed by atoms with Crippen molar-refractivity contribution in [1.82, 2.24) is 0 Å². The summed E-state index contributed by atoms with van der Waals surface area (Å²) in [7, 11) is 6.46. The van der Waals surface area contributed by atoms with Crippen LogP contribution in [0.15, 0.2) is 522 Å². The molecule has 0 aromatic heterocycles. The molecule has 0 radical (unpaired) electrons. The van der Waals surface area contributed by atoms with Crippen molar-refractivity contribution < 1.29 is 0 Å². The van der Waals surface area contributed by atoms with Gasteiger partial charge in [0.15, 0.2) is 0 Å². The summed E-state index contributed by atoms with van der Waals surface area (Å²) in [4.78, 5) is 13.9. The molecule has 0 bridgehead atoms. The van der Waals surface area contributed by atoms with Crippen LogP contribution in [-0.4, -0.2) is 21.1 Å². The van der Waals surface area contributed by atoms with E-state index in [2.05, 4.69) is 579 Å². The summed E-state index contributed by atoms with van der Waals surface area (Å²) in [6, 6.07) is 187. The van der Waals surface area contributed by atoms with Gasteiger partial charge >= 0.3 is 0 Å². The predicted octanol–water partition coefficient (Wildman–Crippen LogP) is 35.8. The van der Waals surface area contributed by atoms with Crippen LogP contribution in [0.5, 0.6) is 0 Å². The van der Waals surface area contributed by atoms with Crippen molar-refractivity contribution in [3.63, 3.8) is 0 Å². The lowest BCUT2D eigenvalue weighted by Gasteiger charge is -2.28. The van der Waals surface area contributed by atoms with Gasteiger partial charge in [0, 0.05) is 112 Å². The van der Waals surface area contributed by atoms with Crippen molar-refractivity contribution in [2.24, 2.45) is 0 Å². The van der Waals surface area contributed by atoms with Crippen LogP contribution in [0.25, 0.3) is 120 Å². The van der Waals surface area contributed by atoms with Crippen LogP contribution in [0.1, 0.15) is 5.56 Å². The highest BCUT2D eigenvalue weighted by molar-refractivity contribution is 6.13. The first-order chi connectivity index (χ1) is 66.1. The number of benzene rings is 23. The van der Waals surface area contributed by atoms with Gasteiger partial charge in [0.25, 0.3) is 0 Å². The van der Waals surface area contributed by atoms with E-state index in [0.29, 0.717) is 0 Å². The molecule has 0 aliphatic heterocycles. The average Bonchev–Trinajstić information content (AvgIpc) is 0.730. The zero-order valence-electron chi connectivity index (χ0n) is 75.3. The minimum atomic E-state index is 1.11. The van der Waals surface area contributed by atoms with E-state index in [1.54, 1.807) is 0 Å². The zero-order chi connectivity index (χ0) is 90.2. The van der Waals surface area contributed by atoms with E-state index >= 15 is 0 Å². The summed E-state index contributed by atoms with van der Waals surface area (Å²) in [5.74, 6) is 0. The van der Waals surface area contributed by atoms with E-state index in [4.69, 9.17) is 0 Å². The highest BCUT2D eigenvalue weighted by Crippen LogP contribution is 2.47. The van der Waals surface area contributed by atoms with Gasteiger partial charge in [0.2, 0.25) is 0 Å². The topological polar surface area (TPSA) is 19.4 Å². The van der Waals surface area contributed by atoms with Gasteiger partial charge in [-0.05, 0) is 310 Å². The number of fused-ring (bicyclic) bond motifs is 7. The fraction of sp³-hybridized carbons (Fsp3) is 0.0312. The summed E-state index contributed by atoms with van der Waals surface area (Å²) < 4.78 is 0. The molecule has 0 aliphatic rings. The Morgan fingerprint density at radius 3 is 0.724 bits per heavy atom. The number of anilines is 15. The molecule has 0 amide bonds. The molecular formula is C128H98N6. The van der Waals surface area contributed by atoms with E-state index in [-0.39, 0.29) is 0 Å². The number of hydrogen-bond acceptors (Lipinski definition) is 6. The van der Waals surface area contributed by atoms with Crippen molar-refractivity contribution in [3.05, 3.63) is 527 Å². The molecule has 23 rings (SSSR count). The fourth-order valence-corrected chi connectivity index (χ4v) is 18.9. The highest BCUT2D eigenvalue weighted by atomic mass is 15.2. The van der Waals surface area contributed by atoms with Gasteiger partial charge in [-0.2, -0.15) is 0 Å². The summed E-state index contributed by atoms with van der Waals surface area (Å²) in [5, 5.41) is 17.4. The van der Waals surface area contributed by atoms with Crippen molar-refractivity contribution in [2.45, 2.75) is 6.92 Å². The Kier molecular flexibility index (Phi) is 23.6. The van der Waals surface area contributed by atoms with Crippen molar-refractivity contribution in [3.8, 4) is 44.5 Å². The first-order valence-corrected chi connectivity index (χ1v) is 45.9. The predicted molar refractivity (Wildman–Crippen MR) is 576 cm³/mol. The van der Waals surface area contributed by atoms with E-state index in [0.717, 1.165) is 73.9 Å². The molecule has 0 saturated carbocycles. The second-order valence-electron chi connectivity index (χ2n) is 34.3. The van der Waals surface area contributed by atoms with Crippen molar-refractivity contribution >= 4 is 161 Å². The Morgan fingerprint density at radius 2 is 0.373 bits per heavy atom. The van der Waals surface area contributed by atoms with Gasteiger partial charge in [-0.25, -0.2) is 0 Å². The summed E-state index contributed by atoms with van der Waals surface area (Å²) in [6.45, 7) is 2.20. The van der Waals surface area contributed by atoms with Crippen LogP contribution < -0.4 is 29.4 Å². The molecule has 134 heavy (non-hydrogen) atoms. The average molecular weight is 1720 g/mol. The number of aryl methyl sites for hydroxylation is 1. The van der Waals surface area contributed by atoms with Crippen molar-refractivity contribution in [1.29, 1.82) is 0 Å². The smallest absolute Gasteiger partial charge is 0.0567 e. The van der Waals surface area contributed by atoms with E-state index in [1.165, 1.54) is 137 Å². The second-order valence-corrected chi connectivity index (χ2v) is 34.3. The van der Waals surface area contributed by atoms with Gasteiger partial charge in [0.1, 0.15) is 0 Å². The normalized spacial score (nSPS) is 11.1. The second kappa shape index (κ2) is 37.8. The van der Waals surface area contributed by atoms with Gasteiger partial charge in [-0.1, -0.05) is 334 Å². The quantitative estimate of drug-likeness (QED) is 0.0746. The van der Waals surface area contributed by atoms with Gasteiger partial charge < -0.3 is 29.4 Å². The zero-order valence-corrected chi connectivity index (χ0v) is 75.3. The van der Waals surface area contributed by atoms with Crippen LogP contribution in [0.3, 0.4) is 0 Å². The van der Waals surface area contributed by atoms with E-state index in [1.807, 2.05) is 0 Å². The lowest BCUT2D eigenvalue weighted by atomic mass is 10.00. The van der Waals surface area contributed by atoms with Gasteiger partial charge in [-0.3, -0.25) is 0 Å². The monoisotopic (exact) mass is 1720 g/mol. The molecule has 6 nitrogen and oxygen atoms in total. The molecule has 6 heteroatoms. The van der Waals surface area contributed by atoms with Crippen LogP contribution in [0, 0.1) is 6.92 Å². The minimum Gasteiger partial charge on any atom is -0.345 e. The Balaban J connectivity index is 0.000000121. The minimum absolute atomic E-state index is 1.11. The van der Waals surface area contributed by atoms with Crippen LogP contribution in [-0.2, 0) is 0 Å². The molecule has 0 fully saturated rings. The lowest BCUT2D eigenvalue weighted by molar-refractivity contribution is 1.19. The maximum atomic E-state index is 2.36. The standard InChI is InChI=1S/C44H34N2.C43H32N2.C41H32N2/c1-31-25-38-26-34-14-8-9-15-35(34)27-39(38)30-44(31)45(2)40-21-23-41(24-22-40)46(43-20-19-33-13-6-7-16-36(33)29-43)42-18-10-17-37(28-42)32-11-4-3-5-12-32;1-44(43-41-20-9-7-16-35(41)28-36-17-8-10-21-42(36)43)37-24-26-38(27-25-37)45(40-23-22-32-14-5-6-15-33(32)30-40)39-19-11-18-34(29-39)31-12-3-2-4-13-31;1-42(39-20-10-18-35(28-39)31-12-4-2-5-13-31)37-24-26-38(27-25-37)43(41-23-22-33-16-8-9-17-34(33)30-41)40-21-11-19-36(29-40)32-14-6-3-7-15-32/h3-30H,1-2H3;2-30H,1H3;2-30H,1H3. The fourth-order valence-electron chi connectivity index (χ4n) is 18.9. The number of hydrogen-bond donors (Lipinski definition) is 0. The molecule has 640 valence electrons. The molecule has 23 aromatic carbocycles.